The molecule has 4 heteroatoms. The lowest BCUT2D eigenvalue weighted by molar-refractivity contribution is 0.263. The zero-order valence-corrected chi connectivity index (χ0v) is 9.24. The predicted molar refractivity (Wildman–Crippen MR) is 60.8 cm³/mol. The van der Waals surface area contributed by atoms with Crippen LogP contribution in [0.3, 0.4) is 0 Å². The Hall–Kier alpha value is -1.68. The number of aliphatic hydroxyl groups excluding tert-OH is 1. The van der Waals surface area contributed by atoms with Gasteiger partial charge in [0.2, 0.25) is 0 Å². The first kappa shape index (κ1) is 10.8. The molecular weight excluding hydrogens is 202 g/mol. The Morgan fingerprint density at radius 1 is 1.31 bits per heavy atom. The van der Waals surface area contributed by atoms with Gasteiger partial charge in [-0.25, -0.2) is 0 Å². The highest BCUT2D eigenvalue weighted by Crippen LogP contribution is 2.17. The first-order valence-corrected chi connectivity index (χ1v) is 5.33. The number of aromatic nitrogens is 3. The normalized spacial score (nSPS) is 12.6. The van der Waals surface area contributed by atoms with Crippen LogP contribution in [0.5, 0.6) is 0 Å². The first-order chi connectivity index (χ1) is 7.81. The van der Waals surface area contributed by atoms with Crippen molar-refractivity contribution in [1.82, 2.24) is 14.8 Å². The maximum absolute atomic E-state index is 9.07. The quantitative estimate of drug-likeness (QED) is 0.845. The lowest BCUT2D eigenvalue weighted by atomic mass is 10.0. The summed E-state index contributed by atoms with van der Waals surface area (Å²) in [4.78, 5) is 0. The summed E-state index contributed by atoms with van der Waals surface area (Å²) >= 11 is 0. The van der Waals surface area contributed by atoms with Crippen molar-refractivity contribution >= 4 is 0 Å². The molecule has 0 bridgehead atoms. The molecule has 0 spiro atoms. The van der Waals surface area contributed by atoms with Crippen molar-refractivity contribution in [3.8, 4) is 0 Å². The summed E-state index contributed by atoms with van der Waals surface area (Å²) in [6.07, 6.45) is 1.66. The van der Waals surface area contributed by atoms with Gasteiger partial charge in [0, 0.05) is 6.54 Å². The number of hydrogen-bond acceptors (Lipinski definition) is 3. The van der Waals surface area contributed by atoms with Crippen LogP contribution in [0.1, 0.15) is 24.2 Å². The topological polar surface area (TPSA) is 50.9 Å². The van der Waals surface area contributed by atoms with E-state index < -0.39 is 0 Å². The van der Waals surface area contributed by atoms with Gasteiger partial charge < -0.3 is 9.67 Å². The van der Waals surface area contributed by atoms with Gasteiger partial charge in [0.1, 0.15) is 12.9 Å². The van der Waals surface area contributed by atoms with E-state index >= 15 is 0 Å². The summed E-state index contributed by atoms with van der Waals surface area (Å²) in [7, 11) is 0. The minimum atomic E-state index is -0.0679. The van der Waals surface area contributed by atoms with Crippen LogP contribution in [0.2, 0.25) is 0 Å². The molecule has 16 heavy (non-hydrogen) atoms. The molecule has 1 heterocycles. The van der Waals surface area contributed by atoms with E-state index in [4.69, 9.17) is 5.11 Å². The van der Waals surface area contributed by atoms with Gasteiger partial charge in [-0.05, 0) is 11.5 Å². The molecule has 0 saturated heterocycles. The molecule has 2 rings (SSSR count). The second-order valence-corrected chi connectivity index (χ2v) is 3.87. The van der Waals surface area contributed by atoms with E-state index in [0.29, 0.717) is 11.7 Å². The van der Waals surface area contributed by atoms with E-state index in [-0.39, 0.29) is 6.61 Å². The highest BCUT2D eigenvalue weighted by molar-refractivity contribution is 5.18. The van der Waals surface area contributed by atoms with Crippen molar-refractivity contribution in [3.63, 3.8) is 0 Å². The maximum Gasteiger partial charge on any atom is 0.158 e. The molecule has 1 atom stereocenters. The third-order valence-corrected chi connectivity index (χ3v) is 2.68. The van der Waals surface area contributed by atoms with Crippen LogP contribution in [-0.2, 0) is 13.2 Å². The standard InChI is InChI=1S/C12H15N3O/c1-10(11-5-3-2-4-6-11)7-15-9-13-14-12(15)8-16/h2-6,9-10,16H,7-8H2,1H3. The SMILES string of the molecule is CC(Cn1cnnc1CO)c1ccccc1. The van der Waals surface area contributed by atoms with Crippen molar-refractivity contribution in [3.05, 3.63) is 48.0 Å². The van der Waals surface area contributed by atoms with E-state index in [1.54, 1.807) is 6.33 Å². The highest BCUT2D eigenvalue weighted by atomic mass is 16.3. The number of benzene rings is 1. The van der Waals surface area contributed by atoms with Crippen molar-refractivity contribution in [2.24, 2.45) is 0 Å². The summed E-state index contributed by atoms with van der Waals surface area (Å²) in [5.74, 6) is 0.991. The fourth-order valence-corrected chi connectivity index (χ4v) is 1.74. The van der Waals surface area contributed by atoms with Crippen LogP contribution in [0.4, 0.5) is 0 Å². The van der Waals surface area contributed by atoms with E-state index in [1.165, 1.54) is 5.56 Å². The monoisotopic (exact) mass is 217 g/mol. The van der Waals surface area contributed by atoms with Crippen molar-refractivity contribution < 1.29 is 5.11 Å². The van der Waals surface area contributed by atoms with E-state index in [0.717, 1.165) is 6.54 Å². The molecule has 0 fully saturated rings. The Labute approximate surface area is 94.6 Å². The molecule has 2 aromatic rings. The van der Waals surface area contributed by atoms with Crippen LogP contribution in [0.25, 0.3) is 0 Å². The fourth-order valence-electron chi connectivity index (χ4n) is 1.74. The largest absolute Gasteiger partial charge is 0.388 e. The highest BCUT2D eigenvalue weighted by Gasteiger charge is 2.09. The molecule has 1 aromatic carbocycles. The third-order valence-electron chi connectivity index (χ3n) is 2.68. The Morgan fingerprint density at radius 3 is 2.75 bits per heavy atom. The molecule has 1 N–H and O–H groups in total. The first-order valence-electron chi connectivity index (χ1n) is 5.33. The molecule has 84 valence electrons. The summed E-state index contributed by atoms with van der Waals surface area (Å²) in [6, 6.07) is 10.3. The van der Waals surface area contributed by atoms with E-state index in [9.17, 15) is 0 Å². The smallest absolute Gasteiger partial charge is 0.158 e. The second-order valence-electron chi connectivity index (χ2n) is 3.87. The number of rotatable bonds is 4. The Kier molecular flexibility index (Phi) is 3.31. The zero-order valence-electron chi connectivity index (χ0n) is 9.24. The van der Waals surface area contributed by atoms with Crippen molar-refractivity contribution in [2.45, 2.75) is 26.0 Å². The van der Waals surface area contributed by atoms with Gasteiger partial charge in [-0.15, -0.1) is 10.2 Å². The summed E-state index contributed by atoms with van der Waals surface area (Å²) in [5.41, 5.74) is 1.28. The molecule has 1 aromatic heterocycles. The van der Waals surface area contributed by atoms with Gasteiger partial charge in [-0.2, -0.15) is 0 Å². The Morgan fingerprint density at radius 2 is 2.06 bits per heavy atom. The number of aliphatic hydroxyl groups is 1. The predicted octanol–water partition coefficient (Wildman–Crippen LogP) is 1.57. The lowest BCUT2D eigenvalue weighted by Crippen LogP contribution is -2.09. The Bertz CT molecular complexity index is 439. The van der Waals surface area contributed by atoms with Crippen LogP contribution in [-0.4, -0.2) is 19.9 Å². The van der Waals surface area contributed by atoms with Gasteiger partial charge in [-0.1, -0.05) is 37.3 Å². The molecule has 0 aliphatic carbocycles. The average molecular weight is 217 g/mol. The van der Waals surface area contributed by atoms with Gasteiger partial charge >= 0.3 is 0 Å². The van der Waals surface area contributed by atoms with Crippen molar-refractivity contribution in [2.75, 3.05) is 0 Å². The lowest BCUT2D eigenvalue weighted by Gasteiger charge is -2.13. The molecule has 0 amide bonds. The summed E-state index contributed by atoms with van der Waals surface area (Å²) in [5, 5.41) is 16.7. The zero-order chi connectivity index (χ0) is 11.4. The Balaban J connectivity index is 2.11. The summed E-state index contributed by atoms with van der Waals surface area (Å²) in [6.45, 7) is 2.87. The molecule has 4 nitrogen and oxygen atoms in total. The van der Waals surface area contributed by atoms with Crippen LogP contribution in [0.15, 0.2) is 36.7 Å². The number of nitrogens with zero attached hydrogens (tertiary/aromatic N) is 3. The van der Waals surface area contributed by atoms with E-state index in [1.807, 2.05) is 22.8 Å². The van der Waals surface area contributed by atoms with Crippen molar-refractivity contribution in [1.29, 1.82) is 0 Å². The average Bonchev–Trinajstić information content (AvgIpc) is 2.77. The minimum Gasteiger partial charge on any atom is -0.388 e. The minimum absolute atomic E-state index is 0.0679. The molecule has 0 radical (unpaired) electrons. The van der Waals surface area contributed by atoms with Crippen LogP contribution in [0, 0.1) is 0 Å². The van der Waals surface area contributed by atoms with E-state index in [2.05, 4.69) is 29.3 Å². The maximum atomic E-state index is 9.07. The molecule has 0 saturated carbocycles. The van der Waals surface area contributed by atoms with Gasteiger partial charge in [-0.3, -0.25) is 0 Å². The van der Waals surface area contributed by atoms with Gasteiger partial charge in [0.15, 0.2) is 5.82 Å². The third kappa shape index (κ3) is 2.28. The molecule has 0 aliphatic rings. The van der Waals surface area contributed by atoms with Gasteiger partial charge in [0.05, 0.1) is 0 Å². The second kappa shape index (κ2) is 4.90. The van der Waals surface area contributed by atoms with Gasteiger partial charge in [0.25, 0.3) is 0 Å². The van der Waals surface area contributed by atoms with Crippen LogP contribution < -0.4 is 0 Å². The molecule has 1 unspecified atom stereocenters. The summed E-state index contributed by atoms with van der Waals surface area (Å²) < 4.78 is 1.89. The number of hydrogen-bond donors (Lipinski definition) is 1. The molecular formula is C12H15N3O. The fraction of sp³-hybridized carbons (Fsp3) is 0.333. The van der Waals surface area contributed by atoms with Crippen LogP contribution >= 0.6 is 0 Å². The molecule has 0 aliphatic heterocycles.